The van der Waals surface area contributed by atoms with E-state index in [4.69, 9.17) is 4.98 Å². The van der Waals surface area contributed by atoms with E-state index in [9.17, 15) is 0 Å². The summed E-state index contributed by atoms with van der Waals surface area (Å²) < 4.78 is 0. The Labute approximate surface area is 170 Å². The Morgan fingerprint density at radius 3 is 2.60 bits per heavy atom. The van der Waals surface area contributed by atoms with E-state index in [2.05, 4.69) is 54.4 Å². The Balaban J connectivity index is 1.52. The summed E-state index contributed by atoms with van der Waals surface area (Å²) in [6, 6.07) is 16.2. The predicted molar refractivity (Wildman–Crippen MR) is 115 cm³/mol. The molecular formula is C23H15N7. The van der Waals surface area contributed by atoms with Gasteiger partial charge in [0.2, 0.25) is 0 Å². The molecule has 0 aliphatic carbocycles. The van der Waals surface area contributed by atoms with Crippen LogP contribution in [0, 0.1) is 0 Å². The van der Waals surface area contributed by atoms with E-state index >= 15 is 0 Å². The van der Waals surface area contributed by atoms with Crippen molar-refractivity contribution in [3.63, 3.8) is 0 Å². The number of nitrogens with zero attached hydrogens (tertiary/aromatic N) is 5. The zero-order valence-corrected chi connectivity index (χ0v) is 15.7. The molecule has 0 radical (unpaired) electrons. The molecule has 0 aliphatic rings. The lowest BCUT2D eigenvalue weighted by atomic mass is 10.0. The van der Waals surface area contributed by atoms with Crippen molar-refractivity contribution in [2.45, 2.75) is 0 Å². The van der Waals surface area contributed by atoms with Crippen LogP contribution >= 0.6 is 0 Å². The minimum Gasteiger partial charge on any atom is -0.353 e. The second-order valence-corrected chi connectivity index (χ2v) is 6.95. The number of fused-ring (bicyclic) bond motifs is 2. The maximum absolute atomic E-state index is 4.81. The molecule has 6 aromatic rings. The van der Waals surface area contributed by atoms with Gasteiger partial charge in [-0.05, 0) is 35.9 Å². The van der Waals surface area contributed by atoms with Gasteiger partial charge in [-0.25, -0.2) is 4.98 Å². The predicted octanol–water partition coefficient (Wildman–Crippen LogP) is 4.63. The molecule has 30 heavy (non-hydrogen) atoms. The summed E-state index contributed by atoms with van der Waals surface area (Å²) in [7, 11) is 0. The van der Waals surface area contributed by atoms with E-state index in [1.54, 1.807) is 24.8 Å². The van der Waals surface area contributed by atoms with Crippen molar-refractivity contribution in [1.29, 1.82) is 0 Å². The molecule has 0 unspecified atom stereocenters. The Bertz CT molecular complexity index is 1480. The molecule has 7 heteroatoms. The third-order valence-electron chi connectivity index (χ3n) is 5.13. The first-order chi connectivity index (χ1) is 14.9. The number of hydrogen-bond acceptors (Lipinski definition) is 5. The molecule has 0 fully saturated rings. The summed E-state index contributed by atoms with van der Waals surface area (Å²) >= 11 is 0. The minimum atomic E-state index is 0.724. The van der Waals surface area contributed by atoms with Gasteiger partial charge < -0.3 is 4.98 Å². The van der Waals surface area contributed by atoms with Crippen LogP contribution in [0.1, 0.15) is 0 Å². The maximum atomic E-state index is 4.81. The van der Waals surface area contributed by atoms with Crippen LogP contribution in [0.15, 0.2) is 79.5 Å². The van der Waals surface area contributed by atoms with Gasteiger partial charge in [0.25, 0.3) is 0 Å². The molecule has 0 atom stereocenters. The van der Waals surface area contributed by atoms with Crippen LogP contribution in [0.5, 0.6) is 0 Å². The second kappa shape index (κ2) is 6.59. The molecule has 0 spiro atoms. The molecule has 142 valence electrons. The van der Waals surface area contributed by atoms with Crippen LogP contribution in [0.2, 0.25) is 0 Å². The van der Waals surface area contributed by atoms with Crippen molar-refractivity contribution in [1.82, 2.24) is 35.1 Å². The summed E-state index contributed by atoms with van der Waals surface area (Å²) in [6.45, 7) is 0. The lowest BCUT2D eigenvalue weighted by Gasteiger charge is -2.02. The lowest BCUT2D eigenvalue weighted by molar-refractivity contribution is 1.12. The van der Waals surface area contributed by atoms with Gasteiger partial charge >= 0.3 is 0 Å². The van der Waals surface area contributed by atoms with E-state index in [-0.39, 0.29) is 0 Å². The van der Waals surface area contributed by atoms with Crippen LogP contribution in [0.25, 0.3) is 55.8 Å². The average Bonchev–Trinajstić information content (AvgIpc) is 3.43. The zero-order valence-electron chi connectivity index (χ0n) is 15.7. The van der Waals surface area contributed by atoms with Crippen LogP contribution in [-0.2, 0) is 0 Å². The van der Waals surface area contributed by atoms with E-state index in [1.165, 1.54) is 0 Å². The SMILES string of the molecule is c1cncc(-c2cccc3[nH]c(-c4n[nH]c5ccc(-c6cnccn6)nc45)cc23)c1. The quantitative estimate of drug-likeness (QED) is 0.460. The number of H-pyrrole nitrogens is 2. The van der Waals surface area contributed by atoms with Gasteiger partial charge in [-0.1, -0.05) is 18.2 Å². The van der Waals surface area contributed by atoms with Crippen molar-refractivity contribution in [3.8, 4) is 33.9 Å². The van der Waals surface area contributed by atoms with Crippen molar-refractivity contribution in [2.24, 2.45) is 0 Å². The molecular weight excluding hydrogens is 374 g/mol. The molecule has 5 heterocycles. The normalized spacial score (nSPS) is 11.3. The molecule has 0 amide bonds. The van der Waals surface area contributed by atoms with E-state index in [0.29, 0.717) is 0 Å². The third-order valence-corrected chi connectivity index (χ3v) is 5.13. The fraction of sp³-hybridized carbons (Fsp3) is 0. The molecule has 0 saturated heterocycles. The Hall–Kier alpha value is -4.39. The maximum Gasteiger partial charge on any atom is 0.135 e. The number of hydrogen-bond donors (Lipinski definition) is 2. The van der Waals surface area contributed by atoms with Gasteiger partial charge in [-0.15, -0.1) is 0 Å². The molecule has 0 saturated carbocycles. The Kier molecular flexibility index (Phi) is 3.64. The van der Waals surface area contributed by atoms with Gasteiger partial charge in [0.05, 0.1) is 23.1 Å². The minimum absolute atomic E-state index is 0.724. The molecule has 6 rings (SSSR count). The number of benzene rings is 1. The van der Waals surface area contributed by atoms with E-state index < -0.39 is 0 Å². The first-order valence-electron chi connectivity index (χ1n) is 9.51. The molecule has 1 aromatic carbocycles. The monoisotopic (exact) mass is 389 g/mol. The zero-order chi connectivity index (χ0) is 19.9. The van der Waals surface area contributed by atoms with Crippen LogP contribution in [0.3, 0.4) is 0 Å². The smallest absolute Gasteiger partial charge is 0.135 e. The third kappa shape index (κ3) is 2.64. The summed E-state index contributed by atoms with van der Waals surface area (Å²) in [5.74, 6) is 0. The van der Waals surface area contributed by atoms with Gasteiger partial charge in [-0.2, -0.15) is 5.10 Å². The van der Waals surface area contributed by atoms with Gasteiger partial charge in [0.1, 0.15) is 16.9 Å². The average molecular weight is 389 g/mol. The molecule has 2 N–H and O–H groups in total. The highest BCUT2D eigenvalue weighted by molar-refractivity contribution is 6.00. The summed E-state index contributed by atoms with van der Waals surface area (Å²) in [4.78, 5) is 21.0. The van der Waals surface area contributed by atoms with E-state index in [1.807, 2.05) is 30.5 Å². The van der Waals surface area contributed by atoms with Crippen molar-refractivity contribution < 1.29 is 0 Å². The van der Waals surface area contributed by atoms with Crippen molar-refractivity contribution in [3.05, 3.63) is 79.5 Å². The van der Waals surface area contributed by atoms with Gasteiger partial charge in [-0.3, -0.25) is 20.1 Å². The largest absolute Gasteiger partial charge is 0.353 e. The second-order valence-electron chi connectivity index (χ2n) is 6.95. The summed E-state index contributed by atoms with van der Waals surface area (Å²) in [5, 5.41) is 8.72. The van der Waals surface area contributed by atoms with Gasteiger partial charge in [0, 0.05) is 41.3 Å². The summed E-state index contributed by atoms with van der Waals surface area (Å²) in [6.07, 6.45) is 8.67. The molecule has 5 aromatic heterocycles. The standard InChI is InChI=1S/C23H15N7/c1-4-15(14-3-2-8-24-12-14)16-11-20(27-17(16)5-1)23-22-19(29-30-23)7-6-18(28-22)21-13-25-9-10-26-21/h1-13,27H,(H,29,30). The lowest BCUT2D eigenvalue weighted by Crippen LogP contribution is -1.89. The molecule has 0 bridgehead atoms. The highest BCUT2D eigenvalue weighted by Crippen LogP contribution is 2.33. The number of aromatic amines is 2. The van der Waals surface area contributed by atoms with Crippen molar-refractivity contribution in [2.75, 3.05) is 0 Å². The number of rotatable bonds is 3. The molecule has 0 aliphatic heterocycles. The highest BCUT2D eigenvalue weighted by atomic mass is 15.1. The fourth-order valence-corrected chi connectivity index (χ4v) is 3.72. The Morgan fingerprint density at radius 2 is 1.73 bits per heavy atom. The highest BCUT2D eigenvalue weighted by Gasteiger charge is 2.15. The van der Waals surface area contributed by atoms with Crippen molar-refractivity contribution >= 4 is 21.9 Å². The number of aromatic nitrogens is 7. The van der Waals surface area contributed by atoms with Crippen LogP contribution in [-0.4, -0.2) is 35.1 Å². The fourth-order valence-electron chi connectivity index (χ4n) is 3.72. The molecule has 7 nitrogen and oxygen atoms in total. The summed E-state index contributed by atoms with van der Waals surface area (Å²) in [5.41, 5.74) is 8.02. The number of pyridine rings is 2. The topological polar surface area (TPSA) is 96.0 Å². The van der Waals surface area contributed by atoms with E-state index in [0.717, 1.165) is 55.8 Å². The first kappa shape index (κ1) is 16.6. The van der Waals surface area contributed by atoms with Gasteiger partial charge in [0.15, 0.2) is 0 Å². The Morgan fingerprint density at radius 1 is 0.767 bits per heavy atom. The first-order valence-corrected chi connectivity index (χ1v) is 9.51. The number of nitrogens with one attached hydrogen (secondary N) is 2. The van der Waals surface area contributed by atoms with Crippen LogP contribution < -0.4 is 0 Å². The van der Waals surface area contributed by atoms with Crippen LogP contribution in [0.4, 0.5) is 0 Å².